The Morgan fingerprint density at radius 2 is 1.59 bits per heavy atom. The first-order valence-electron chi connectivity index (χ1n) is 9.32. The zero-order chi connectivity index (χ0) is 20.4. The fourth-order valence-electron chi connectivity index (χ4n) is 3.30. The molecule has 0 bridgehead atoms. The van der Waals surface area contributed by atoms with Crippen LogP contribution in [0, 0.1) is 0 Å². The minimum atomic E-state index is -4.40. The van der Waals surface area contributed by atoms with Crippen LogP contribution in [0.15, 0.2) is 90.6 Å². The number of nitrogens with zero attached hydrogens (tertiary/aromatic N) is 1. The second-order valence-corrected chi connectivity index (χ2v) is 7.00. The predicted molar refractivity (Wildman–Crippen MR) is 114 cm³/mol. The van der Waals surface area contributed by atoms with Gasteiger partial charge in [0.2, 0.25) is 0 Å². The second-order valence-electron chi connectivity index (χ2n) is 7.00. The van der Waals surface area contributed by atoms with E-state index in [1.807, 2.05) is 73.3 Å². The van der Waals surface area contributed by atoms with Crippen molar-refractivity contribution in [2.24, 2.45) is 0 Å². The maximum atomic E-state index is 14.0. The first-order valence-corrected chi connectivity index (χ1v) is 9.32. The zero-order valence-corrected chi connectivity index (χ0v) is 16.2. The topological polar surface area (TPSA) is 21.5 Å². The van der Waals surface area contributed by atoms with E-state index < -0.39 is 7.11 Å². The van der Waals surface area contributed by atoms with Gasteiger partial charge >= 0.3 is 7.11 Å². The highest BCUT2D eigenvalue weighted by Gasteiger charge is 2.39. The maximum Gasteiger partial charge on any atom is 0.725 e. The SMILES string of the molecule is C[N+](C)=C1C=CC(=C/C=C/C=C2/O[B-](F)(F)Oc3ccc4ccccc4c32)C=C1. The number of hydrogen-bond donors (Lipinski definition) is 0. The first kappa shape index (κ1) is 18.9. The van der Waals surface area contributed by atoms with E-state index in [4.69, 9.17) is 9.31 Å². The lowest BCUT2D eigenvalue weighted by Crippen LogP contribution is -2.38. The van der Waals surface area contributed by atoms with E-state index in [2.05, 4.69) is 0 Å². The number of benzene rings is 2. The first-order chi connectivity index (χ1) is 13.9. The summed E-state index contributed by atoms with van der Waals surface area (Å²) >= 11 is 0. The molecule has 2 aromatic carbocycles. The Kier molecular flexibility index (Phi) is 4.93. The average molecular weight is 391 g/mol. The van der Waals surface area contributed by atoms with E-state index in [0.717, 1.165) is 22.1 Å². The van der Waals surface area contributed by atoms with Crippen LogP contribution in [0.1, 0.15) is 5.56 Å². The molecule has 2 aromatic rings. The van der Waals surface area contributed by atoms with Crippen LogP contribution < -0.4 is 4.65 Å². The van der Waals surface area contributed by atoms with Gasteiger partial charge in [0.15, 0.2) is 5.71 Å². The minimum absolute atomic E-state index is 0.0978. The van der Waals surface area contributed by atoms with Crippen molar-refractivity contribution in [2.45, 2.75) is 0 Å². The third kappa shape index (κ3) is 4.06. The van der Waals surface area contributed by atoms with Crippen molar-refractivity contribution < 1.29 is 22.5 Å². The van der Waals surface area contributed by atoms with Crippen molar-refractivity contribution in [1.29, 1.82) is 0 Å². The van der Waals surface area contributed by atoms with Crippen molar-refractivity contribution in [3.8, 4) is 5.75 Å². The lowest BCUT2D eigenvalue weighted by atomic mass is 9.97. The normalized spacial score (nSPS) is 18.7. The monoisotopic (exact) mass is 391 g/mol. The molecule has 6 heteroatoms. The highest BCUT2D eigenvalue weighted by Crippen LogP contribution is 2.41. The number of rotatable bonds is 2. The molecule has 2 aliphatic rings. The Hall–Kier alpha value is -3.41. The van der Waals surface area contributed by atoms with E-state index >= 15 is 0 Å². The van der Waals surface area contributed by atoms with Crippen LogP contribution in [0.2, 0.25) is 0 Å². The van der Waals surface area contributed by atoms with E-state index in [-0.39, 0.29) is 11.5 Å². The van der Waals surface area contributed by atoms with Gasteiger partial charge in [-0.3, -0.25) is 0 Å². The molecule has 3 nitrogen and oxygen atoms in total. The van der Waals surface area contributed by atoms with Gasteiger partial charge in [-0.25, -0.2) is 4.58 Å². The molecule has 29 heavy (non-hydrogen) atoms. The molecule has 0 spiro atoms. The molecule has 0 radical (unpaired) electrons. The summed E-state index contributed by atoms with van der Waals surface area (Å²) in [4.78, 5) is 0. The van der Waals surface area contributed by atoms with Crippen LogP contribution in [0.5, 0.6) is 5.75 Å². The van der Waals surface area contributed by atoms with Crippen LogP contribution in [0.25, 0.3) is 16.5 Å². The van der Waals surface area contributed by atoms with Crippen LogP contribution in [-0.2, 0) is 4.65 Å². The number of halogens is 2. The van der Waals surface area contributed by atoms with E-state index in [1.54, 1.807) is 30.4 Å². The van der Waals surface area contributed by atoms with Crippen LogP contribution in [-0.4, -0.2) is 31.5 Å². The van der Waals surface area contributed by atoms with E-state index in [9.17, 15) is 8.63 Å². The largest absolute Gasteiger partial charge is 0.725 e. The molecule has 0 unspecified atom stereocenters. The van der Waals surface area contributed by atoms with Gasteiger partial charge in [-0.2, -0.15) is 0 Å². The van der Waals surface area contributed by atoms with Gasteiger partial charge in [0.05, 0.1) is 17.1 Å². The summed E-state index contributed by atoms with van der Waals surface area (Å²) < 4.78 is 39.6. The molecule has 0 aromatic heterocycles. The number of fused-ring (bicyclic) bond motifs is 3. The van der Waals surface area contributed by atoms with Gasteiger partial charge in [0.25, 0.3) is 0 Å². The lowest BCUT2D eigenvalue weighted by Gasteiger charge is -2.36. The van der Waals surface area contributed by atoms with E-state index in [0.29, 0.717) is 5.56 Å². The molecule has 146 valence electrons. The Labute approximate surface area is 168 Å². The summed E-state index contributed by atoms with van der Waals surface area (Å²) in [5.41, 5.74) is 2.66. The summed E-state index contributed by atoms with van der Waals surface area (Å²) in [6, 6.07) is 10.9. The highest BCUT2D eigenvalue weighted by atomic mass is 19.3. The molecule has 1 aliphatic carbocycles. The molecule has 0 fully saturated rings. The van der Waals surface area contributed by atoms with Crippen molar-refractivity contribution in [2.75, 3.05) is 14.1 Å². The summed E-state index contributed by atoms with van der Waals surface area (Å²) in [5.74, 6) is 0.225. The Balaban J connectivity index is 1.66. The fraction of sp³-hybridized carbons (Fsp3) is 0.0870. The maximum absolute atomic E-state index is 14.0. The number of allylic oxidation sites excluding steroid dienone is 9. The quantitative estimate of drug-likeness (QED) is 0.513. The van der Waals surface area contributed by atoms with Gasteiger partial charge in [0, 0.05) is 12.2 Å². The van der Waals surface area contributed by atoms with Crippen molar-refractivity contribution in [3.63, 3.8) is 0 Å². The Bertz CT molecular complexity index is 1130. The standard InChI is InChI=1S/C23H20BF2NO2/c1-27(2)19-14-11-17(12-15-19)7-3-6-10-21-23-20-9-5-4-8-18(20)13-16-22(23)29-24(25,26)28-21/h3-16H,1-2H3/b6-3+,21-10+. The third-order valence-corrected chi connectivity index (χ3v) is 4.72. The Morgan fingerprint density at radius 3 is 2.34 bits per heavy atom. The molecule has 0 saturated heterocycles. The van der Waals surface area contributed by atoms with Crippen LogP contribution >= 0.6 is 0 Å². The number of hydrogen-bond acceptors (Lipinski definition) is 2. The summed E-state index contributed by atoms with van der Waals surface area (Å²) in [5, 5.41) is 1.73. The van der Waals surface area contributed by atoms with Crippen LogP contribution in [0.3, 0.4) is 0 Å². The van der Waals surface area contributed by atoms with Gasteiger partial charge in [-0.1, -0.05) is 48.6 Å². The predicted octanol–water partition coefficient (Wildman–Crippen LogP) is 5.29. The molecular formula is C23H20BF2NO2. The summed E-state index contributed by atoms with van der Waals surface area (Å²) in [7, 11) is -0.435. The molecule has 0 N–H and O–H groups in total. The van der Waals surface area contributed by atoms with Crippen molar-refractivity contribution in [1.82, 2.24) is 0 Å². The van der Waals surface area contributed by atoms with Gasteiger partial charge in [-0.05, 0) is 40.6 Å². The van der Waals surface area contributed by atoms with Gasteiger partial charge < -0.3 is 17.9 Å². The molecule has 0 atom stereocenters. The lowest BCUT2D eigenvalue weighted by molar-refractivity contribution is -0.462. The van der Waals surface area contributed by atoms with Gasteiger partial charge in [0.1, 0.15) is 14.1 Å². The van der Waals surface area contributed by atoms with Crippen molar-refractivity contribution >= 4 is 29.3 Å². The Morgan fingerprint density at radius 1 is 0.862 bits per heavy atom. The molecular weight excluding hydrogens is 371 g/mol. The molecule has 0 saturated carbocycles. The average Bonchev–Trinajstić information content (AvgIpc) is 2.70. The highest BCUT2D eigenvalue weighted by molar-refractivity contribution is 6.54. The smallest absolute Gasteiger partial charge is 0.627 e. The summed E-state index contributed by atoms with van der Waals surface area (Å²) in [6.07, 6.45) is 15.0. The molecule has 4 rings (SSSR count). The van der Waals surface area contributed by atoms with Crippen LogP contribution in [0.4, 0.5) is 8.63 Å². The zero-order valence-electron chi connectivity index (χ0n) is 16.2. The second kappa shape index (κ2) is 7.55. The van der Waals surface area contributed by atoms with E-state index in [1.165, 1.54) is 0 Å². The fourth-order valence-corrected chi connectivity index (χ4v) is 3.30. The minimum Gasteiger partial charge on any atom is -0.627 e. The molecule has 0 amide bonds. The molecule has 1 aliphatic heterocycles. The molecule has 1 heterocycles. The third-order valence-electron chi connectivity index (χ3n) is 4.72. The van der Waals surface area contributed by atoms with Crippen molar-refractivity contribution in [3.05, 3.63) is 96.1 Å². The summed E-state index contributed by atoms with van der Waals surface area (Å²) in [6.45, 7) is 0. The van der Waals surface area contributed by atoms with Gasteiger partial charge in [-0.15, -0.1) is 0 Å².